The van der Waals surface area contributed by atoms with Gasteiger partial charge in [0.05, 0.1) is 16.2 Å². The van der Waals surface area contributed by atoms with Gasteiger partial charge in [0.15, 0.2) is 0 Å². The van der Waals surface area contributed by atoms with Crippen LogP contribution in [-0.4, -0.2) is 4.90 Å². The maximum atomic E-state index is 2.71. The van der Waals surface area contributed by atoms with Gasteiger partial charge in [0, 0.05) is 6.54 Å². The van der Waals surface area contributed by atoms with E-state index in [0.717, 1.165) is 6.54 Å². The van der Waals surface area contributed by atoms with Gasteiger partial charge in [-0.2, -0.15) is 0 Å². The third kappa shape index (κ3) is 4.17. The van der Waals surface area contributed by atoms with Crippen molar-refractivity contribution in [1.82, 2.24) is 4.90 Å². The van der Waals surface area contributed by atoms with Gasteiger partial charge in [0.1, 0.15) is 0 Å². The lowest BCUT2D eigenvalue weighted by Gasteiger charge is -2.39. The minimum atomic E-state index is -0.279. The average Bonchev–Trinajstić information content (AvgIpc) is 3.31. The summed E-state index contributed by atoms with van der Waals surface area (Å²) in [5.41, 5.74) is 6.69. The van der Waals surface area contributed by atoms with Crippen molar-refractivity contribution in [1.29, 1.82) is 0 Å². The number of thioether (sulfide) groups is 1. The van der Waals surface area contributed by atoms with Gasteiger partial charge in [0.25, 0.3) is 0 Å². The van der Waals surface area contributed by atoms with Crippen LogP contribution in [0.5, 0.6) is 0 Å². The zero-order valence-corrected chi connectivity index (χ0v) is 21.0. The van der Waals surface area contributed by atoms with Crippen LogP contribution in [0, 0.1) is 0 Å². The third-order valence-electron chi connectivity index (χ3n) is 7.13. The Morgan fingerprint density at radius 3 is 1.42 bits per heavy atom. The maximum absolute atomic E-state index is 2.71. The van der Waals surface area contributed by atoms with Crippen LogP contribution in [0.2, 0.25) is 0 Å². The predicted octanol–water partition coefficient (Wildman–Crippen LogP) is 8.62. The van der Waals surface area contributed by atoms with Gasteiger partial charge < -0.3 is 0 Å². The van der Waals surface area contributed by atoms with Gasteiger partial charge in [-0.1, -0.05) is 152 Å². The zero-order valence-electron chi connectivity index (χ0n) is 20.2. The van der Waals surface area contributed by atoms with Crippen LogP contribution in [0.25, 0.3) is 0 Å². The molecule has 6 rings (SSSR count). The van der Waals surface area contributed by atoms with E-state index < -0.39 is 0 Å². The molecule has 1 saturated heterocycles. The van der Waals surface area contributed by atoms with E-state index in [1.165, 1.54) is 27.8 Å². The highest BCUT2D eigenvalue weighted by molar-refractivity contribution is 8.00. The minimum Gasteiger partial charge on any atom is -0.274 e. The summed E-state index contributed by atoms with van der Waals surface area (Å²) in [6, 6.07) is 55.3. The highest BCUT2D eigenvalue weighted by Gasteiger charge is 2.55. The van der Waals surface area contributed by atoms with Crippen molar-refractivity contribution >= 4 is 11.8 Å². The molecule has 5 aromatic carbocycles. The molecule has 2 heteroatoms. The molecule has 0 aliphatic carbocycles. The quantitative estimate of drug-likeness (QED) is 0.238. The van der Waals surface area contributed by atoms with Crippen molar-refractivity contribution < 1.29 is 0 Å². The van der Waals surface area contributed by atoms with E-state index in [4.69, 9.17) is 0 Å². The summed E-state index contributed by atoms with van der Waals surface area (Å²) >= 11 is 2.07. The summed E-state index contributed by atoms with van der Waals surface area (Å²) < 4.78 is -0.279. The summed E-state index contributed by atoms with van der Waals surface area (Å²) in [4.78, 5) is 2.71. The fourth-order valence-corrected chi connectivity index (χ4v) is 7.50. The van der Waals surface area contributed by atoms with Crippen LogP contribution in [0.3, 0.4) is 0 Å². The first kappa shape index (κ1) is 22.8. The number of nitrogens with zero attached hydrogens (tertiary/aromatic N) is 1. The maximum Gasteiger partial charge on any atom is 0.0873 e. The second-order valence-corrected chi connectivity index (χ2v) is 10.6. The molecule has 1 aliphatic heterocycles. The Bertz CT molecular complexity index is 1330. The van der Waals surface area contributed by atoms with Crippen LogP contribution >= 0.6 is 11.8 Å². The first-order chi connectivity index (χ1) is 17.9. The van der Waals surface area contributed by atoms with Crippen LogP contribution in [-0.2, 0) is 11.3 Å². The SMILES string of the molecule is c1ccc(CN2C(c3ccccc3)SC(c3ccccc3)(c3ccccc3)C2c2ccccc2)cc1. The van der Waals surface area contributed by atoms with Crippen molar-refractivity contribution in [2.45, 2.75) is 22.7 Å². The normalized spacial score (nSPS) is 19.2. The molecule has 0 spiro atoms. The Morgan fingerprint density at radius 2 is 0.917 bits per heavy atom. The molecule has 0 saturated carbocycles. The molecular weight excluding hydrogens is 454 g/mol. The lowest BCUT2D eigenvalue weighted by molar-refractivity contribution is 0.172. The Morgan fingerprint density at radius 1 is 0.500 bits per heavy atom. The van der Waals surface area contributed by atoms with Crippen molar-refractivity contribution in [3.05, 3.63) is 179 Å². The number of rotatable bonds is 6. The zero-order chi connectivity index (χ0) is 24.2. The van der Waals surface area contributed by atoms with Crippen molar-refractivity contribution in [3.8, 4) is 0 Å². The molecule has 1 fully saturated rings. The molecule has 176 valence electrons. The van der Waals surface area contributed by atoms with Crippen molar-refractivity contribution in [3.63, 3.8) is 0 Å². The molecule has 2 unspecified atom stereocenters. The highest BCUT2D eigenvalue weighted by atomic mass is 32.2. The monoisotopic (exact) mass is 483 g/mol. The summed E-state index contributed by atoms with van der Waals surface area (Å²) in [5.74, 6) is 0. The molecule has 5 aromatic rings. The second kappa shape index (κ2) is 10.2. The Kier molecular flexibility index (Phi) is 6.46. The first-order valence-electron chi connectivity index (χ1n) is 12.5. The summed E-state index contributed by atoms with van der Waals surface area (Å²) in [6.45, 7) is 0.869. The van der Waals surface area contributed by atoms with E-state index in [9.17, 15) is 0 Å². The Labute approximate surface area is 218 Å². The molecule has 36 heavy (non-hydrogen) atoms. The minimum absolute atomic E-state index is 0.138. The Balaban J connectivity index is 1.63. The van der Waals surface area contributed by atoms with E-state index in [-0.39, 0.29) is 16.2 Å². The van der Waals surface area contributed by atoms with Gasteiger partial charge in [-0.05, 0) is 27.8 Å². The molecule has 0 bridgehead atoms. The number of benzene rings is 5. The first-order valence-corrected chi connectivity index (χ1v) is 13.4. The molecule has 1 aliphatic rings. The van der Waals surface area contributed by atoms with Gasteiger partial charge in [-0.15, -0.1) is 11.8 Å². The molecular formula is C34H29NS. The smallest absolute Gasteiger partial charge is 0.0873 e. The molecule has 0 N–H and O–H groups in total. The Hall–Kier alpha value is -3.59. The molecule has 0 amide bonds. The largest absolute Gasteiger partial charge is 0.274 e. The standard InChI is InChI=1S/C34H29NS/c1-6-16-27(17-7-1)26-35-32(28-18-8-2-9-19-28)34(30-22-12-4-13-23-30,31-24-14-5-15-25-31)36-33(35)29-20-10-3-11-21-29/h1-25,32-33H,26H2. The van der Waals surface area contributed by atoms with Gasteiger partial charge in [0.2, 0.25) is 0 Å². The van der Waals surface area contributed by atoms with Gasteiger partial charge in [-0.25, -0.2) is 0 Å². The lowest BCUT2D eigenvalue weighted by Crippen LogP contribution is -2.35. The fourth-order valence-electron chi connectivity index (χ4n) is 5.57. The van der Waals surface area contributed by atoms with Crippen molar-refractivity contribution in [2.24, 2.45) is 0 Å². The van der Waals surface area contributed by atoms with Crippen molar-refractivity contribution in [2.75, 3.05) is 0 Å². The molecule has 0 radical (unpaired) electrons. The summed E-state index contributed by atoms with van der Waals surface area (Å²) in [5, 5.41) is 0.192. The van der Waals surface area contributed by atoms with E-state index >= 15 is 0 Å². The van der Waals surface area contributed by atoms with Crippen LogP contribution in [0.15, 0.2) is 152 Å². The van der Waals surface area contributed by atoms with E-state index in [1.807, 2.05) is 0 Å². The average molecular weight is 484 g/mol. The molecule has 2 atom stereocenters. The number of hydrogen-bond donors (Lipinski definition) is 0. The van der Waals surface area contributed by atoms with E-state index in [1.54, 1.807) is 0 Å². The fraction of sp³-hybridized carbons (Fsp3) is 0.118. The molecule has 0 aromatic heterocycles. The van der Waals surface area contributed by atoms with Crippen LogP contribution in [0.4, 0.5) is 0 Å². The highest BCUT2D eigenvalue weighted by Crippen LogP contribution is 2.66. The molecule has 1 heterocycles. The van der Waals surface area contributed by atoms with Gasteiger partial charge >= 0.3 is 0 Å². The second-order valence-electron chi connectivity index (χ2n) is 9.32. The molecule has 1 nitrogen and oxygen atoms in total. The van der Waals surface area contributed by atoms with E-state index in [0.29, 0.717) is 0 Å². The lowest BCUT2D eigenvalue weighted by atomic mass is 9.79. The third-order valence-corrected chi connectivity index (χ3v) is 8.96. The summed E-state index contributed by atoms with van der Waals surface area (Å²) in [6.07, 6.45) is 0. The van der Waals surface area contributed by atoms with Gasteiger partial charge in [-0.3, -0.25) is 4.90 Å². The predicted molar refractivity (Wildman–Crippen MR) is 152 cm³/mol. The number of hydrogen-bond acceptors (Lipinski definition) is 2. The van der Waals surface area contributed by atoms with E-state index in [2.05, 4.69) is 168 Å². The topological polar surface area (TPSA) is 3.24 Å². The van der Waals surface area contributed by atoms with Crippen LogP contribution < -0.4 is 0 Å². The summed E-state index contributed by atoms with van der Waals surface area (Å²) in [7, 11) is 0. The van der Waals surface area contributed by atoms with Crippen LogP contribution in [0.1, 0.15) is 39.2 Å².